The van der Waals surface area contributed by atoms with Crippen molar-refractivity contribution in [2.24, 2.45) is 0 Å². The van der Waals surface area contributed by atoms with Crippen LogP contribution in [0.3, 0.4) is 0 Å². The predicted molar refractivity (Wildman–Crippen MR) is 73.9 cm³/mol. The molecule has 0 spiro atoms. The average Bonchev–Trinajstić information content (AvgIpc) is 2.59. The first-order chi connectivity index (χ1) is 7.66. The third-order valence-electron chi connectivity index (χ3n) is 2.82. The summed E-state index contributed by atoms with van der Waals surface area (Å²) in [6.07, 6.45) is 1.92. The van der Waals surface area contributed by atoms with Crippen LogP contribution in [0.5, 0.6) is 0 Å². The van der Waals surface area contributed by atoms with Crippen molar-refractivity contribution in [3.05, 3.63) is 43.9 Å². The van der Waals surface area contributed by atoms with Gasteiger partial charge in [-0.3, -0.25) is 4.79 Å². The molecular formula is C12H9IN2O. The quantitative estimate of drug-likeness (QED) is 0.614. The molecular weight excluding hydrogens is 315 g/mol. The van der Waals surface area contributed by atoms with Gasteiger partial charge in [0.2, 0.25) is 0 Å². The first-order valence-electron chi connectivity index (χ1n) is 4.96. The fourth-order valence-corrected chi connectivity index (χ4v) is 2.47. The minimum absolute atomic E-state index is 0.0706. The zero-order chi connectivity index (χ0) is 11.3. The Morgan fingerprint density at radius 3 is 2.88 bits per heavy atom. The number of hydrogen-bond acceptors (Lipinski definition) is 1. The summed E-state index contributed by atoms with van der Waals surface area (Å²) in [7, 11) is 0. The van der Waals surface area contributed by atoms with Gasteiger partial charge < -0.3 is 9.97 Å². The summed E-state index contributed by atoms with van der Waals surface area (Å²) < 4.78 is 0.761. The molecule has 16 heavy (non-hydrogen) atoms. The van der Waals surface area contributed by atoms with Crippen LogP contribution in [0.25, 0.3) is 21.8 Å². The number of rotatable bonds is 0. The lowest BCUT2D eigenvalue weighted by atomic mass is 10.2. The lowest BCUT2D eigenvalue weighted by Crippen LogP contribution is -2.01. The van der Waals surface area contributed by atoms with Crippen molar-refractivity contribution >= 4 is 44.4 Å². The molecule has 4 heteroatoms. The van der Waals surface area contributed by atoms with E-state index in [1.807, 2.05) is 25.3 Å². The third kappa shape index (κ3) is 1.29. The Morgan fingerprint density at radius 1 is 1.25 bits per heavy atom. The van der Waals surface area contributed by atoms with Crippen LogP contribution in [0.2, 0.25) is 0 Å². The molecule has 0 amide bonds. The van der Waals surface area contributed by atoms with Gasteiger partial charge in [-0.15, -0.1) is 0 Å². The summed E-state index contributed by atoms with van der Waals surface area (Å²) in [6, 6.07) is 5.63. The van der Waals surface area contributed by atoms with Crippen LogP contribution in [-0.2, 0) is 0 Å². The van der Waals surface area contributed by atoms with Gasteiger partial charge in [-0.1, -0.05) is 0 Å². The van der Waals surface area contributed by atoms with Gasteiger partial charge in [-0.25, -0.2) is 0 Å². The van der Waals surface area contributed by atoms with Crippen molar-refractivity contribution in [1.82, 2.24) is 9.97 Å². The number of nitrogens with one attached hydrogen (secondary N) is 2. The maximum Gasteiger partial charge on any atom is 0.194 e. The molecule has 3 aromatic rings. The maximum atomic E-state index is 11.6. The Labute approximate surface area is 105 Å². The fraction of sp³-hybridized carbons (Fsp3) is 0.0833. The number of fused-ring (bicyclic) bond motifs is 3. The van der Waals surface area contributed by atoms with E-state index in [1.54, 1.807) is 6.07 Å². The van der Waals surface area contributed by atoms with Crippen molar-refractivity contribution in [3.8, 4) is 0 Å². The molecule has 2 heterocycles. The molecule has 0 saturated carbocycles. The number of aryl methyl sites for hydroxylation is 1. The molecule has 1 aromatic carbocycles. The van der Waals surface area contributed by atoms with Crippen molar-refractivity contribution < 1.29 is 0 Å². The molecule has 0 aliphatic heterocycles. The molecule has 2 N–H and O–H groups in total. The average molecular weight is 324 g/mol. The first-order valence-corrected chi connectivity index (χ1v) is 6.04. The van der Waals surface area contributed by atoms with Gasteiger partial charge in [0.25, 0.3) is 0 Å². The van der Waals surface area contributed by atoms with Crippen LogP contribution in [-0.4, -0.2) is 9.97 Å². The molecule has 2 aromatic heterocycles. The molecule has 3 nitrogen and oxygen atoms in total. The van der Waals surface area contributed by atoms with Crippen LogP contribution in [0.1, 0.15) is 5.69 Å². The number of halogens is 1. The minimum Gasteiger partial charge on any atom is -0.364 e. The van der Waals surface area contributed by atoms with Gasteiger partial charge in [0.1, 0.15) is 0 Å². The number of aromatic nitrogens is 2. The Kier molecular flexibility index (Phi) is 2.07. The summed E-state index contributed by atoms with van der Waals surface area (Å²) in [4.78, 5) is 18.0. The molecule has 3 rings (SSSR count). The minimum atomic E-state index is 0.0706. The maximum absolute atomic E-state index is 11.6. The normalized spacial score (nSPS) is 11.4. The molecule has 0 atom stereocenters. The zero-order valence-corrected chi connectivity index (χ0v) is 10.8. The van der Waals surface area contributed by atoms with Crippen LogP contribution < -0.4 is 5.43 Å². The molecule has 0 bridgehead atoms. The van der Waals surface area contributed by atoms with E-state index in [0.29, 0.717) is 0 Å². The number of pyridine rings is 1. The summed E-state index contributed by atoms with van der Waals surface area (Å²) in [5, 5.41) is 2.26. The third-order valence-corrected chi connectivity index (χ3v) is 3.66. The second-order valence-corrected chi connectivity index (χ2v) is 5.01. The second-order valence-electron chi connectivity index (χ2n) is 3.84. The van der Waals surface area contributed by atoms with E-state index in [2.05, 4.69) is 32.6 Å². The Morgan fingerprint density at radius 2 is 2.06 bits per heavy atom. The van der Waals surface area contributed by atoms with E-state index >= 15 is 0 Å². The predicted octanol–water partition coefficient (Wildman–Crippen LogP) is 2.92. The second kappa shape index (κ2) is 3.35. The number of aromatic amines is 2. The van der Waals surface area contributed by atoms with Gasteiger partial charge in [0, 0.05) is 28.7 Å². The molecule has 0 aliphatic carbocycles. The largest absolute Gasteiger partial charge is 0.364 e. The Hall–Kier alpha value is -1.30. The van der Waals surface area contributed by atoms with E-state index in [9.17, 15) is 4.79 Å². The lowest BCUT2D eigenvalue weighted by Gasteiger charge is -1.95. The SMILES string of the molecule is Cc1[nH]ccc2c1[nH]c1cc(=O)c(I)cc12. The molecule has 0 aliphatic rings. The number of H-pyrrole nitrogens is 2. The van der Waals surface area contributed by atoms with Gasteiger partial charge in [-0.05, 0) is 41.6 Å². The zero-order valence-electron chi connectivity index (χ0n) is 8.60. The van der Waals surface area contributed by atoms with E-state index in [1.165, 1.54) is 0 Å². The first kappa shape index (κ1) is 9.89. The van der Waals surface area contributed by atoms with Crippen LogP contribution in [0.4, 0.5) is 0 Å². The Bertz CT molecular complexity index is 755. The van der Waals surface area contributed by atoms with Crippen LogP contribution in [0, 0.1) is 10.5 Å². The van der Waals surface area contributed by atoms with Crippen molar-refractivity contribution in [3.63, 3.8) is 0 Å². The van der Waals surface area contributed by atoms with Gasteiger partial charge >= 0.3 is 0 Å². The van der Waals surface area contributed by atoms with E-state index in [0.717, 1.165) is 31.1 Å². The fourth-order valence-electron chi connectivity index (χ4n) is 2.01. The molecule has 0 saturated heterocycles. The molecule has 0 fully saturated rings. The summed E-state index contributed by atoms with van der Waals surface area (Å²) in [5.74, 6) is 0. The van der Waals surface area contributed by atoms with Crippen molar-refractivity contribution in [2.75, 3.05) is 0 Å². The highest BCUT2D eigenvalue weighted by molar-refractivity contribution is 14.1. The van der Waals surface area contributed by atoms with Gasteiger partial charge in [-0.2, -0.15) is 0 Å². The summed E-state index contributed by atoms with van der Waals surface area (Å²) in [6.45, 7) is 2.01. The molecule has 0 unspecified atom stereocenters. The number of hydrogen-bond donors (Lipinski definition) is 2. The van der Waals surface area contributed by atoms with Crippen LogP contribution >= 0.6 is 22.6 Å². The Balaban J connectivity index is 2.61. The highest BCUT2D eigenvalue weighted by Gasteiger charge is 2.08. The topological polar surface area (TPSA) is 48.6 Å². The van der Waals surface area contributed by atoms with Crippen molar-refractivity contribution in [2.45, 2.75) is 6.92 Å². The van der Waals surface area contributed by atoms with E-state index in [4.69, 9.17) is 0 Å². The standard InChI is InChI=1S/C12H9IN2O/c1-6-12-7(2-3-14-6)8-4-9(13)11(16)5-10(8)15-12/h2-5,14-15H,1H3. The van der Waals surface area contributed by atoms with E-state index in [-0.39, 0.29) is 5.43 Å². The van der Waals surface area contributed by atoms with E-state index < -0.39 is 0 Å². The highest BCUT2D eigenvalue weighted by atomic mass is 127. The molecule has 80 valence electrons. The van der Waals surface area contributed by atoms with Gasteiger partial charge in [0.05, 0.1) is 14.6 Å². The number of benzene rings is 1. The summed E-state index contributed by atoms with van der Waals surface area (Å²) >= 11 is 2.08. The van der Waals surface area contributed by atoms with Crippen LogP contribution in [0.15, 0.2) is 29.2 Å². The van der Waals surface area contributed by atoms with Crippen molar-refractivity contribution in [1.29, 1.82) is 0 Å². The highest BCUT2D eigenvalue weighted by Crippen LogP contribution is 2.26. The van der Waals surface area contributed by atoms with Gasteiger partial charge in [0.15, 0.2) is 5.43 Å². The smallest absolute Gasteiger partial charge is 0.194 e. The monoisotopic (exact) mass is 324 g/mol. The lowest BCUT2D eigenvalue weighted by molar-refractivity contribution is 1.22. The summed E-state index contributed by atoms with van der Waals surface area (Å²) in [5.41, 5.74) is 3.12. The molecule has 0 radical (unpaired) electrons.